The summed E-state index contributed by atoms with van der Waals surface area (Å²) in [7, 11) is 0. The van der Waals surface area contributed by atoms with Crippen LogP contribution in [0, 0.1) is 0 Å². The fourth-order valence-corrected chi connectivity index (χ4v) is 8.12. The zero-order chi connectivity index (χ0) is 31.3. The van der Waals surface area contributed by atoms with Crippen molar-refractivity contribution in [2.75, 3.05) is 0 Å². The molecule has 0 spiro atoms. The third-order valence-corrected chi connectivity index (χ3v) is 10.3. The molecule has 0 fully saturated rings. The van der Waals surface area contributed by atoms with Crippen LogP contribution in [0.4, 0.5) is 11.4 Å². The van der Waals surface area contributed by atoms with Crippen molar-refractivity contribution < 1.29 is 0 Å². The van der Waals surface area contributed by atoms with E-state index in [0.717, 1.165) is 45.1 Å². The molecule has 10 aromatic rings. The summed E-state index contributed by atoms with van der Waals surface area (Å²) in [6, 6.07) is 57.2. The van der Waals surface area contributed by atoms with Gasteiger partial charge in [-0.2, -0.15) is 0 Å². The molecule has 2 nitrogen and oxygen atoms in total. The van der Waals surface area contributed by atoms with E-state index in [0.29, 0.717) is 0 Å². The Balaban J connectivity index is 1.15. The zero-order valence-corrected chi connectivity index (χ0v) is 25.9. The van der Waals surface area contributed by atoms with Gasteiger partial charge in [0.1, 0.15) is 0 Å². The summed E-state index contributed by atoms with van der Waals surface area (Å²) in [4.78, 5) is 11.0. The summed E-state index contributed by atoms with van der Waals surface area (Å²) < 4.78 is 0. The molecule has 0 N–H and O–H groups in total. The SMILES string of the molecule is c1ccc2c(c1)N=C(c1cc3ccc4cccc5ccc(c1)c3c45)c1ccccc1N=C2c1cc2ccc3cccc4ccc(c1)c2c34. The average Bonchev–Trinajstić information content (AvgIpc) is 3.13. The molecular weight excluding hydrogens is 581 g/mol. The van der Waals surface area contributed by atoms with Gasteiger partial charge in [-0.15, -0.1) is 0 Å². The van der Waals surface area contributed by atoms with E-state index in [1.54, 1.807) is 0 Å². The highest BCUT2D eigenvalue weighted by Crippen LogP contribution is 2.40. The minimum atomic E-state index is 0.913. The first kappa shape index (κ1) is 25.8. The standard InChI is InChI=1S/C46H26N2/c1-3-13-39-37(11-1)45(35-23-31-19-15-27-7-5-8-28-16-20-32(24-35)43(31)41(27)28)48-40-14-4-2-12-38(40)46(47-39)36-25-33-21-17-29-9-6-10-30-18-22-34(26-36)44(33)42(29)30/h1-26H. The molecule has 0 unspecified atom stereocenters. The number of benzene rings is 10. The number of aliphatic imine (C=N–C) groups is 2. The van der Waals surface area contributed by atoms with Crippen LogP contribution >= 0.6 is 0 Å². The van der Waals surface area contributed by atoms with Crippen LogP contribution in [0.5, 0.6) is 0 Å². The summed E-state index contributed by atoms with van der Waals surface area (Å²) in [5.74, 6) is 0. The van der Waals surface area contributed by atoms with Crippen LogP contribution in [0.15, 0.2) is 168 Å². The van der Waals surface area contributed by atoms with Crippen molar-refractivity contribution in [3.05, 3.63) is 180 Å². The van der Waals surface area contributed by atoms with Crippen molar-refractivity contribution in [3.8, 4) is 0 Å². The Hall–Kier alpha value is -6.38. The molecule has 0 saturated heterocycles. The van der Waals surface area contributed by atoms with Crippen LogP contribution in [-0.4, -0.2) is 11.4 Å². The molecule has 0 aliphatic carbocycles. The van der Waals surface area contributed by atoms with Crippen LogP contribution in [0.1, 0.15) is 22.3 Å². The fraction of sp³-hybridized carbons (Fsp3) is 0. The van der Waals surface area contributed by atoms with Gasteiger partial charge in [0, 0.05) is 22.3 Å². The van der Waals surface area contributed by atoms with Gasteiger partial charge in [0.2, 0.25) is 0 Å². The zero-order valence-electron chi connectivity index (χ0n) is 25.9. The Morgan fingerprint density at radius 2 is 0.583 bits per heavy atom. The largest absolute Gasteiger partial charge is 0.247 e. The van der Waals surface area contributed by atoms with Gasteiger partial charge in [0.15, 0.2) is 0 Å². The molecule has 220 valence electrons. The molecule has 2 heteroatoms. The van der Waals surface area contributed by atoms with Crippen LogP contribution in [0.2, 0.25) is 0 Å². The summed E-state index contributed by atoms with van der Waals surface area (Å²) in [6.07, 6.45) is 0. The van der Waals surface area contributed by atoms with Gasteiger partial charge in [-0.1, -0.05) is 121 Å². The fourth-order valence-electron chi connectivity index (χ4n) is 8.12. The number of fused-ring (bicyclic) bond motifs is 2. The van der Waals surface area contributed by atoms with Gasteiger partial charge >= 0.3 is 0 Å². The van der Waals surface area contributed by atoms with Gasteiger partial charge in [0.25, 0.3) is 0 Å². The van der Waals surface area contributed by atoms with Crippen molar-refractivity contribution in [2.45, 2.75) is 0 Å². The maximum absolute atomic E-state index is 5.50. The van der Waals surface area contributed by atoms with E-state index in [2.05, 4.69) is 158 Å². The van der Waals surface area contributed by atoms with E-state index >= 15 is 0 Å². The summed E-state index contributed by atoms with van der Waals surface area (Å²) in [5.41, 5.74) is 7.91. The Bertz CT molecular complexity index is 2670. The predicted octanol–water partition coefficient (Wildman–Crippen LogP) is 12.1. The summed E-state index contributed by atoms with van der Waals surface area (Å²) >= 11 is 0. The monoisotopic (exact) mass is 606 g/mol. The van der Waals surface area contributed by atoms with E-state index < -0.39 is 0 Å². The third kappa shape index (κ3) is 3.63. The Kier molecular flexibility index (Phi) is 5.14. The van der Waals surface area contributed by atoms with Gasteiger partial charge in [-0.05, 0) is 101 Å². The lowest BCUT2D eigenvalue weighted by atomic mass is 9.89. The second-order valence-electron chi connectivity index (χ2n) is 13.0. The summed E-state index contributed by atoms with van der Waals surface area (Å²) in [5, 5.41) is 15.3. The lowest BCUT2D eigenvalue weighted by Gasteiger charge is -2.20. The molecular formula is C46H26N2. The van der Waals surface area contributed by atoms with E-state index in [4.69, 9.17) is 9.98 Å². The predicted molar refractivity (Wildman–Crippen MR) is 204 cm³/mol. The summed E-state index contributed by atoms with van der Waals surface area (Å²) in [6.45, 7) is 0. The van der Waals surface area contributed by atoms with Crippen LogP contribution < -0.4 is 0 Å². The maximum atomic E-state index is 5.50. The molecule has 1 heterocycles. The third-order valence-electron chi connectivity index (χ3n) is 10.3. The Morgan fingerprint density at radius 1 is 0.271 bits per heavy atom. The number of hydrogen-bond donors (Lipinski definition) is 0. The number of hydrogen-bond acceptors (Lipinski definition) is 2. The number of nitrogens with zero attached hydrogens (tertiary/aromatic N) is 2. The molecule has 1 aliphatic rings. The second kappa shape index (κ2) is 9.57. The minimum Gasteiger partial charge on any atom is -0.247 e. The Morgan fingerprint density at radius 3 is 0.958 bits per heavy atom. The van der Waals surface area contributed by atoms with E-state index in [1.165, 1.54) is 64.6 Å². The van der Waals surface area contributed by atoms with E-state index in [1.807, 2.05) is 0 Å². The van der Waals surface area contributed by atoms with Crippen molar-refractivity contribution in [1.82, 2.24) is 0 Å². The quantitative estimate of drug-likeness (QED) is 0.175. The molecule has 0 radical (unpaired) electrons. The maximum Gasteiger partial charge on any atom is 0.0803 e. The smallest absolute Gasteiger partial charge is 0.0803 e. The highest BCUT2D eigenvalue weighted by atomic mass is 14.8. The van der Waals surface area contributed by atoms with Gasteiger partial charge < -0.3 is 0 Å². The molecule has 0 aromatic heterocycles. The highest BCUT2D eigenvalue weighted by Gasteiger charge is 2.22. The van der Waals surface area contributed by atoms with Crippen LogP contribution in [0.3, 0.4) is 0 Å². The van der Waals surface area contributed by atoms with Crippen molar-refractivity contribution >= 4 is 87.4 Å². The molecule has 10 aromatic carbocycles. The molecule has 1 aliphatic heterocycles. The number of rotatable bonds is 2. The van der Waals surface area contributed by atoms with E-state index in [9.17, 15) is 0 Å². The first-order valence-electron chi connectivity index (χ1n) is 16.5. The van der Waals surface area contributed by atoms with Crippen molar-refractivity contribution in [1.29, 1.82) is 0 Å². The molecule has 48 heavy (non-hydrogen) atoms. The molecule has 0 saturated carbocycles. The average molecular weight is 607 g/mol. The van der Waals surface area contributed by atoms with Crippen LogP contribution in [0.25, 0.3) is 64.6 Å². The lowest BCUT2D eigenvalue weighted by Crippen LogP contribution is -2.10. The minimum absolute atomic E-state index is 0.913. The lowest BCUT2D eigenvalue weighted by molar-refractivity contribution is 1.40. The molecule has 0 bridgehead atoms. The van der Waals surface area contributed by atoms with Crippen molar-refractivity contribution in [2.24, 2.45) is 9.98 Å². The first-order chi connectivity index (χ1) is 23.8. The molecule has 0 atom stereocenters. The van der Waals surface area contributed by atoms with Gasteiger partial charge in [-0.3, -0.25) is 0 Å². The van der Waals surface area contributed by atoms with E-state index in [-0.39, 0.29) is 0 Å². The van der Waals surface area contributed by atoms with Crippen LogP contribution in [-0.2, 0) is 0 Å². The van der Waals surface area contributed by atoms with Crippen molar-refractivity contribution in [3.63, 3.8) is 0 Å². The first-order valence-corrected chi connectivity index (χ1v) is 16.5. The molecule has 11 rings (SSSR count). The second-order valence-corrected chi connectivity index (χ2v) is 13.0. The Labute approximate surface area is 276 Å². The van der Waals surface area contributed by atoms with Gasteiger partial charge in [0.05, 0.1) is 22.8 Å². The topological polar surface area (TPSA) is 24.7 Å². The van der Waals surface area contributed by atoms with Gasteiger partial charge in [-0.25, -0.2) is 9.98 Å². The highest BCUT2D eigenvalue weighted by molar-refractivity contribution is 6.29. The number of para-hydroxylation sites is 2. The normalized spacial score (nSPS) is 13.2. The molecule has 0 amide bonds.